The Morgan fingerprint density at radius 3 is 2.38 bits per heavy atom. The van der Waals surface area contributed by atoms with Gasteiger partial charge in [0.2, 0.25) is 0 Å². The molecule has 1 saturated heterocycles. The SMILES string of the molecule is Cc1ccc(C2(C)NC(=O)N(CC(=O)c3ccc(F)cc3F)C2=O)cc1. The van der Waals surface area contributed by atoms with Crippen molar-refractivity contribution in [2.75, 3.05) is 6.54 Å². The van der Waals surface area contributed by atoms with E-state index in [1.807, 2.05) is 19.1 Å². The van der Waals surface area contributed by atoms with Gasteiger partial charge >= 0.3 is 6.03 Å². The molecule has 134 valence electrons. The highest BCUT2D eigenvalue weighted by molar-refractivity contribution is 6.11. The van der Waals surface area contributed by atoms with Crippen LogP contribution in [0.4, 0.5) is 13.6 Å². The van der Waals surface area contributed by atoms with Gasteiger partial charge in [-0.05, 0) is 31.5 Å². The number of halogens is 2. The molecule has 5 nitrogen and oxygen atoms in total. The molecule has 0 aliphatic carbocycles. The van der Waals surface area contributed by atoms with Gasteiger partial charge in [0, 0.05) is 6.07 Å². The summed E-state index contributed by atoms with van der Waals surface area (Å²) in [4.78, 5) is 38.0. The van der Waals surface area contributed by atoms with Crippen molar-refractivity contribution in [1.29, 1.82) is 0 Å². The van der Waals surface area contributed by atoms with E-state index in [4.69, 9.17) is 0 Å². The normalized spacial score (nSPS) is 19.6. The van der Waals surface area contributed by atoms with Crippen LogP contribution in [0.25, 0.3) is 0 Å². The third-order valence-electron chi connectivity index (χ3n) is 4.44. The van der Waals surface area contributed by atoms with Crippen LogP contribution in [-0.4, -0.2) is 29.2 Å². The number of carbonyl (C=O) groups excluding carboxylic acids is 3. The number of amides is 3. The molecule has 0 aromatic heterocycles. The molecule has 7 heteroatoms. The van der Waals surface area contributed by atoms with Crippen LogP contribution in [-0.2, 0) is 10.3 Å². The van der Waals surface area contributed by atoms with Crippen LogP contribution in [0.3, 0.4) is 0 Å². The molecule has 1 heterocycles. The Hall–Kier alpha value is -3.09. The number of benzene rings is 2. The summed E-state index contributed by atoms with van der Waals surface area (Å²) < 4.78 is 26.7. The molecule has 1 unspecified atom stereocenters. The van der Waals surface area contributed by atoms with Gasteiger partial charge in [0.1, 0.15) is 17.2 Å². The van der Waals surface area contributed by atoms with Crippen molar-refractivity contribution in [2.45, 2.75) is 19.4 Å². The number of carbonyl (C=O) groups is 3. The predicted octanol–water partition coefficient (Wildman–Crippen LogP) is 2.92. The zero-order chi connectivity index (χ0) is 19.1. The maximum absolute atomic E-state index is 13.8. The highest BCUT2D eigenvalue weighted by Gasteiger charge is 2.49. The first-order valence-corrected chi connectivity index (χ1v) is 7.92. The zero-order valence-corrected chi connectivity index (χ0v) is 14.2. The molecule has 0 saturated carbocycles. The number of ketones is 1. The average Bonchev–Trinajstić information content (AvgIpc) is 2.79. The topological polar surface area (TPSA) is 66.5 Å². The van der Waals surface area contributed by atoms with Crippen LogP contribution >= 0.6 is 0 Å². The largest absolute Gasteiger partial charge is 0.325 e. The van der Waals surface area contributed by atoms with Crippen molar-refractivity contribution >= 4 is 17.7 Å². The van der Waals surface area contributed by atoms with Crippen molar-refractivity contribution in [3.8, 4) is 0 Å². The van der Waals surface area contributed by atoms with Gasteiger partial charge in [-0.25, -0.2) is 13.6 Å². The van der Waals surface area contributed by atoms with E-state index in [0.29, 0.717) is 11.6 Å². The summed E-state index contributed by atoms with van der Waals surface area (Å²) in [6.45, 7) is 2.80. The van der Waals surface area contributed by atoms with Crippen molar-refractivity contribution in [1.82, 2.24) is 10.2 Å². The van der Waals surface area contributed by atoms with Gasteiger partial charge in [-0.1, -0.05) is 29.8 Å². The average molecular weight is 358 g/mol. The predicted molar refractivity (Wildman–Crippen MR) is 89.5 cm³/mol. The summed E-state index contributed by atoms with van der Waals surface area (Å²) in [5.74, 6) is -3.26. The third kappa shape index (κ3) is 2.96. The fraction of sp³-hybridized carbons (Fsp3) is 0.211. The summed E-state index contributed by atoms with van der Waals surface area (Å²) in [6, 6.07) is 8.83. The number of nitrogens with zero attached hydrogens (tertiary/aromatic N) is 1. The van der Waals surface area contributed by atoms with E-state index in [-0.39, 0.29) is 5.56 Å². The molecule has 1 fully saturated rings. The lowest BCUT2D eigenvalue weighted by Gasteiger charge is -2.22. The Bertz CT molecular complexity index is 912. The molecule has 0 radical (unpaired) electrons. The monoisotopic (exact) mass is 358 g/mol. The molecule has 0 spiro atoms. The molecule has 2 aromatic carbocycles. The van der Waals surface area contributed by atoms with Crippen molar-refractivity contribution in [3.05, 3.63) is 70.8 Å². The van der Waals surface area contributed by atoms with Gasteiger partial charge in [-0.2, -0.15) is 0 Å². The molecule has 26 heavy (non-hydrogen) atoms. The molecule has 3 rings (SSSR count). The molecule has 1 N–H and O–H groups in total. The number of rotatable bonds is 4. The van der Waals surface area contributed by atoms with Crippen molar-refractivity contribution < 1.29 is 23.2 Å². The highest BCUT2D eigenvalue weighted by atomic mass is 19.1. The van der Waals surface area contributed by atoms with E-state index in [0.717, 1.165) is 22.6 Å². The van der Waals surface area contributed by atoms with Gasteiger partial charge in [-0.15, -0.1) is 0 Å². The zero-order valence-electron chi connectivity index (χ0n) is 14.2. The Balaban J connectivity index is 1.85. The summed E-state index contributed by atoms with van der Waals surface area (Å²) in [5, 5.41) is 2.58. The standard InChI is InChI=1S/C19H16F2N2O3/c1-11-3-5-12(6-4-11)19(2)17(25)23(18(26)22-19)10-16(24)14-8-7-13(20)9-15(14)21/h3-9H,10H2,1-2H3,(H,22,26). The van der Waals surface area contributed by atoms with Crippen molar-refractivity contribution in [2.24, 2.45) is 0 Å². The lowest BCUT2D eigenvalue weighted by molar-refractivity contribution is -0.130. The van der Waals surface area contributed by atoms with Crippen molar-refractivity contribution in [3.63, 3.8) is 0 Å². The molecular formula is C19H16F2N2O3. The number of hydrogen-bond acceptors (Lipinski definition) is 3. The van der Waals surface area contributed by atoms with E-state index in [1.54, 1.807) is 19.1 Å². The second-order valence-corrected chi connectivity index (χ2v) is 6.36. The smallest absolute Gasteiger partial charge is 0.319 e. The van der Waals surface area contributed by atoms with E-state index >= 15 is 0 Å². The summed E-state index contributed by atoms with van der Waals surface area (Å²) >= 11 is 0. The Labute approximate surface area is 148 Å². The molecule has 1 aliphatic rings. The maximum atomic E-state index is 13.8. The fourth-order valence-corrected chi connectivity index (χ4v) is 2.87. The van der Waals surface area contributed by atoms with E-state index in [1.165, 1.54) is 0 Å². The molecular weight excluding hydrogens is 342 g/mol. The van der Waals surface area contributed by atoms with E-state index in [2.05, 4.69) is 5.32 Å². The van der Waals surface area contributed by atoms with Crippen LogP contribution < -0.4 is 5.32 Å². The first kappa shape index (κ1) is 17.7. The first-order valence-electron chi connectivity index (χ1n) is 7.92. The maximum Gasteiger partial charge on any atom is 0.325 e. The second-order valence-electron chi connectivity index (χ2n) is 6.36. The van der Waals surface area contributed by atoms with Gasteiger partial charge in [0.15, 0.2) is 5.78 Å². The minimum absolute atomic E-state index is 0.379. The molecule has 1 atom stereocenters. The van der Waals surface area contributed by atoms with Crippen LogP contribution in [0, 0.1) is 18.6 Å². The van der Waals surface area contributed by atoms with Gasteiger partial charge in [-0.3, -0.25) is 14.5 Å². The number of nitrogens with one attached hydrogen (secondary N) is 1. The quantitative estimate of drug-likeness (QED) is 0.675. The van der Waals surface area contributed by atoms with E-state index < -0.39 is 41.4 Å². The third-order valence-corrected chi connectivity index (χ3v) is 4.44. The minimum atomic E-state index is -1.31. The van der Waals surface area contributed by atoms with Crippen LogP contribution in [0.5, 0.6) is 0 Å². The number of hydrogen-bond donors (Lipinski definition) is 1. The molecule has 1 aliphatic heterocycles. The molecule has 2 aromatic rings. The Morgan fingerprint density at radius 2 is 1.77 bits per heavy atom. The molecule has 0 bridgehead atoms. The Morgan fingerprint density at radius 1 is 1.12 bits per heavy atom. The van der Waals surface area contributed by atoms with Gasteiger partial charge in [0.25, 0.3) is 5.91 Å². The van der Waals surface area contributed by atoms with E-state index in [9.17, 15) is 23.2 Å². The minimum Gasteiger partial charge on any atom is -0.319 e. The second kappa shape index (κ2) is 6.33. The van der Waals surface area contributed by atoms with Gasteiger partial charge < -0.3 is 5.32 Å². The lowest BCUT2D eigenvalue weighted by atomic mass is 9.91. The first-order chi connectivity index (χ1) is 12.2. The Kier molecular flexibility index (Phi) is 4.31. The number of urea groups is 1. The van der Waals surface area contributed by atoms with Crippen LogP contribution in [0.15, 0.2) is 42.5 Å². The van der Waals surface area contributed by atoms with Crippen LogP contribution in [0.2, 0.25) is 0 Å². The van der Waals surface area contributed by atoms with Crippen LogP contribution in [0.1, 0.15) is 28.4 Å². The number of imide groups is 1. The summed E-state index contributed by atoms with van der Waals surface area (Å²) in [5.41, 5.74) is -0.125. The highest BCUT2D eigenvalue weighted by Crippen LogP contribution is 2.29. The fourth-order valence-electron chi connectivity index (χ4n) is 2.87. The summed E-state index contributed by atoms with van der Waals surface area (Å²) in [6.07, 6.45) is 0. The summed E-state index contributed by atoms with van der Waals surface area (Å²) in [7, 11) is 0. The lowest BCUT2D eigenvalue weighted by Crippen LogP contribution is -2.41. The molecule has 3 amide bonds. The number of Topliss-reactive ketones (excluding diaryl/α,β-unsaturated/α-hetero) is 1. The number of aryl methyl sites for hydroxylation is 1. The van der Waals surface area contributed by atoms with Gasteiger partial charge in [0.05, 0.1) is 12.1 Å².